The smallest absolute Gasteiger partial charge is 0.222 e. The second-order valence-corrected chi connectivity index (χ2v) is 6.24. The molecule has 2 aromatic rings. The van der Waals surface area contributed by atoms with E-state index in [4.69, 9.17) is 0 Å². The highest BCUT2D eigenvalue weighted by Gasteiger charge is 2.24. The summed E-state index contributed by atoms with van der Waals surface area (Å²) in [5, 5.41) is 7.53. The topological polar surface area (TPSA) is 75.9 Å². The number of anilines is 1. The standard InChI is InChI=1S/C17H24N6O/c1-14-11-21-23(12-14)15-5-3-10-22(13-15)16(24)6-2-7-18-17-19-8-4-9-20-17/h4,8-9,11-12,15H,2-3,5-7,10,13H2,1H3,(H,18,19,20). The van der Waals surface area contributed by atoms with Crippen LogP contribution in [-0.4, -0.2) is 50.2 Å². The number of aromatic nitrogens is 4. The van der Waals surface area contributed by atoms with Gasteiger partial charge in [-0.2, -0.15) is 5.10 Å². The predicted octanol–water partition coefficient (Wildman–Crippen LogP) is 2.04. The number of piperidine rings is 1. The molecule has 0 aromatic carbocycles. The fourth-order valence-corrected chi connectivity index (χ4v) is 3.02. The number of likely N-dealkylation sites (tertiary alicyclic amines) is 1. The van der Waals surface area contributed by atoms with Gasteiger partial charge in [0, 0.05) is 44.6 Å². The highest BCUT2D eigenvalue weighted by Crippen LogP contribution is 2.21. The van der Waals surface area contributed by atoms with E-state index in [-0.39, 0.29) is 5.91 Å². The maximum absolute atomic E-state index is 12.4. The number of nitrogens with zero attached hydrogens (tertiary/aromatic N) is 5. The lowest BCUT2D eigenvalue weighted by Crippen LogP contribution is -2.40. The molecule has 1 fully saturated rings. The van der Waals surface area contributed by atoms with Crippen molar-refractivity contribution in [3.63, 3.8) is 0 Å². The first-order valence-corrected chi connectivity index (χ1v) is 8.52. The summed E-state index contributed by atoms with van der Waals surface area (Å²) < 4.78 is 2.00. The van der Waals surface area contributed by atoms with Crippen LogP contribution in [0.25, 0.3) is 0 Å². The molecule has 3 rings (SSSR count). The molecular formula is C17H24N6O. The Morgan fingerprint density at radius 2 is 2.21 bits per heavy atom. The van der Waals surface area contributed by atoms with Gasteiger partial charge >= 0.3 is 0 Å². The van der Waals surface area contributed by atoms with Crippen molar-refractivity contribution in [3.8, 4) is 0 Å². The summed E-state index contributed by atoms with van der Waals surface area (Å²) in [5.41, 5.74) is 1.16. The molecule has 1 atom stereocenters. The molecule has 0 bridgehead atoms. The molecule has 1 amide bonds. The summed E-state index contributed by atoms with van der Waals surface area (Å²) in [5.74, 6) is 0.830. The Hall–Kier alpha value is -2.44. The molecular weight excluding hydrogens is 304 g/mol. The molecule has 0 spiro atoms. The van der Waals surface area contributed by atoms with Gasteiger partial charge in [-0.15, -0.1) is 0 Å². The van der Waals surface area contributed by atoms with Gasteiger partial charge < -0.3 is 10.2 Å². The second kappa shape index (κ2) is 7.90. The fourth-order valence-electron chi connectivity index (χ4n) is 3.02. The predicted molar refractivity (Wildman–Crippen MR) is 91.6 cm³/mol. The Kier molecular flexibility index (Phi) is 5.40. The number of amides is 1. The van der Waals surface area contributed by atoms with Crippen LogP contribution in [0.3, 0.4) is 0 Å². The third kappa shape index (κ3) is 4.31. The van der Waals surface area contributed by atoms with Crippen LogP contribution in [0.4, 0.5) is 5.95 Å². The normalized spacial score (nSPS) is 17.7. The summed E-state index contributed by atoms with van der Waals surface area (Å²) >= 11 is 0. The Morgan fingerprint density at radius 1 is 1.38 bits per heavy atom. The van der Waals surface area contributed by atoms with Crippen LogP contribution in [0.5, 0.6) is 0 Å². The first-order valence-electron chi connectivity index (χ1n) is 8.52. The van der Waals surface area contributed by atoms with Gasteiger partial charge in [-0.3, -0.25) is 9.48 Å². The van der Waals surface area contributed by atoms with Gasteiger partial charge in [0.05, 0.1) is 12.2 Å². The van der Waals surface area contributed by atoms with Crippen molar-refractivity contribution < 1.29 is 4.79 Å². The van der Waals surface area contributed by atoms with E-state index in [1.54, 1.807) is 18.5 Å². The molecule has 7 nitrogen and oxygen atoms in total. The quantitative estimate of drug-likeness (QED) is 0.821. The van der Waals surface area contributed by atoms with Gasteiger partial charge in [-0.05, 0) is 37.8 Å². The third-order valence-corrected chi connectivity index (χ3v) is 4.27. The number of hydrogen-bond acceptors (Lipinski definition) is 5. The van der Waals surface area contributed by atoms with Gasteiger partial charge in [0.15, 0.2) is 0 Å². The average Bonchev–Trinajstić information content (AvgIpc) is 3.06. The summed E-state index contributed by atoms with van der Waals surface area (Å²) in [4.78, 5) is 22.6. The van der Waals surface area contributed by atoms with Gasteiger partial charge in [0.2, 0.25) is 11.9 Å². The van der Waals surface area contributed by atoms with Crippen LogP contribution >= 0.6 is 0 Å². The number of carbonyl (C=O) groups is 1. The van der Waals surface area contributed by atoms with E-state index < -0.39 is 0 Å². The zero-order chi connectivity index (χ0) is 16.8. The van der Waals surface area contributed by atoms with E-state index in [2.05, 4.69) is 26.6 Å². The molecule has 1 saturated heterocycles. The van der Waals surface area contributed by atoms with Gasteiger partial charge in [0.25, 0.3) is 0 Å². The molecule has 1 N–H and O–H groups in total. The number of nitrogens with one attached hydrogen (secondary N) is 1. The van der Waals surface area contributed by atoms with Crippen molar-refractivity contribution in [2.24, 2.45) is 0 Å². The zero-order valence-corrected chi connectivity index (χ0v) is 14.1. The Balaban J connectivity index is 1.43. The minimum Gasteiger partial charge on any atom is -0.354 e. The minimum absolute atomic E-state index is 0.222. The van der Waals surface area contributed by atoms with E-state index in [1.165, 1.54) is 0 Å². The van der Waals surface area contributed by atoms with Crippen LogP contribution < -0.4 is 5.32 Å². The van der Waals surface area contributed by atoms with Crippen LogP contribution in [-0.2, 0) is 4.79 Å². The number of hydrogen-bond donors (Lipinski definition) is 1. The largest absolute Gasteiger partial charge is 0.354 e. The van der Waals surface area contributed by atoms with Crippen molar-refractivity contribution >= 4 is 11.9 Å². The van der Waals surface area contributed by atoms with Crippen LogP contribution in [0.15, 0.2) is 30.9 Å². The first kappa shape index (κ1) is 16.4. The number of carbonyl (C=O) groups excluding carboxylic acids is 1. The second-order valence-electron chi connectivity index (χ2n) is 6.24. The monoisotopic (exact) mass is 328 g/mol. The fraction of sp³-hybridized carbons (Fsp3) is 0.529. The Morgan fingerprint density at radius 3 is 2.96 bits per heavy atom. The zero-order valence-electron chi connectivity index (χ0n) is 14.1. The van der Waals surface area contributed by atoms with Crippen molar-refractivity contribution in [2.75, 3.05) is 25.0 Å². The summed E-state index contributed by atoms with van der Waals surface area (Å²) in [6.07, 6.45) is 10.8. The average molecular weight is 328 g/mol. The molecule has 1 unspecified atom stereocenters. The van der Waals surface area contributed by atoms with Crippen molar-refractivity contribution in [3.05, 3.63) is 36.4 Å². The van der Waals surface area contributed by atoms with Gasteiger partial charge in [-0.25, -0.2) is 9.97 Å². The van der Waals surface area contributed by atoms with E-state index >= 15 is 0 Å². The molecule has 0 saturated carbocycles. The van der Waals surface area contributed by atoms with E-state index in [1.807, 2.05) is 22.7 Å². The minimum atomic E-state index is 0.222. The van der Waals surface area contributed by atoms with Gasteiger partial charge in [-0.1, -0.05) is 0 Å². The Bertz CT molecular complexity index is 656. The Labute approximate surface area is 142 Å². The molecule has 1 aliphatic heterocycles. The van der Waals surface area contributed by atoms with Crippen molar-refractivity contribution in [1.29, 1.82) is 0 Å². The molecule has 128 valence electrons. The third-order valence-electron chi connectivity index (χ3n) is 4.27. The summed E-state index contributed by atoms with van der Waals surface area (Å²) in [7, 11) is 0. The van der Waals surface area contributed by atoms with Crippen molar-refractivity contribution in [1.82, 2.24) is 24.6 Å². The molecule has 24 heavy (non-hydrogen) atoms. The molecule has 2 aromatic heterocycles. The number of aryl methyl sites for hydroxylation is 1. The molecule has 3 heterocycles. The lowest BCUT2D eigenvalue weighted by Gasteiger charge is -2.33. The molecule has 0 radical (unpaired) electrons. The highest BCUT2D eigenvalue weighted by molar-refractivity contribution is 5.76. The van der Waals surface area contributed by atoms with Crippen LogP contribution in [0.2, 0.25) is 0 Å². The summed E-state index contributed by atoms with van der Waals surface area (Å²) in [6, 6.07) is 2.08. The molecule has 1 aliphatic rings. The van der Waals surface area contributed by atoms with Crippen LogP contribution in [0.1, 0.15) is 37.3 Å². The molecule has 0 aliphatic carbocycles. The lowest BCUT2D eigenvalue weighted by molar-refractivity contribution is -0.132. The van der Waals surface area contributed by atoms with E-state index in [9.17, 15) is 4.79 Å². The highest BCUT2D eigenvalue weighted by atomic mass is 16.2. The van der Waals surface area contributed by atoms with E-state index in [0.29, 0.717) is 25.0 Å². The lowest BCUT2D eigenvalue weighted by atomic mass is 10.1. The van der Waals surface area contributed by atoms with Crippen molar-refractivity contribution in [2.45, 2.75) is 38.6 Å². The maximum atomic E-state index is 12.4. The molecule has 7 heteroatoms. The van der Waals surface area contributed by atoms with E-state index in [0.717, 1.165) is 37.9 Å². The first-order chi connectivity index (χ1) is 11.7. The SMILES string of the molecule is Cc1cnn(C2CCCN(C(=O)CCCNc3ncccn3)C2)c1. The summed E-state index contributed by atoms with van der Waals surface area (Å²) in [6.45, 7) is 4.35. The van der Waals surface area contributed by atoms with Gasteiger partial charge in [0.1, 0.15) is 0 Å². The maximum Gasteiger partial charge on any atom is 0.222 e. The van der Waals surface area contributed by atoms with Crippen LogP contribution in [0, 0.1) is 6.92 Å². The number of rotatable bonds is 6.